The lowest BCUT2D eigenvalue weighted by atomic mass is 10.0. The Morgan fingerprint density at radius 1 is 0.409 bits per heavy atom. The number of esters is 1. The van der Waals surface area contributed by atoms with E-state index in [1.54, 1.807) is 6.08 Å². The Labute approximate surface area is 412 Å². The van der Waals surface area contributed by atoms with Crippen molar-refractivity contribution in [2.24, 2.45) is 0 Å². The molecule has 3 N–H and O–H groups in total. The van der Waals surface area contributed by atoms with Crippen molar-refractivity contribution in [1.82, 2.24) is 5.32 Å². The average molecular weight is 933 g/mol. The van der Waals surface area contributed by atoms with Crippen LogP contribution in [0.2, 0.25) is 0 Å². The van der Waals surface area contributed by atoms with Crippen molar-refractivity contribution in [2.75, 3.05) is 13.2 Å². The third-order valence-electron chi connectivity index (χ3n) is 14.1. The number of ether oxygens (including phenoxy) is 1. The van der Waals surface area contributed by atoms with Gasteiger partial charge in [-0.15, -0.1) is 0 Å². The Hall–Kier alpha value is -1.40. The van der Waals surface area contributed by atoms with Crippen LogP contribution in [0.1, 0.15) is 335 Å². The fraction of sp³-hybridized carbons (Fsp3) is 0.933. The predicted octanol–water partition coefficient (Wildman–Crippen LogP) is 18.5. The minimum absolute atomic E-state index is 0.00169. The Morgan fingerprint density at radius 3 is 1.03 bits per heavy atom. The van der Waals surface area contributed by atoms with E-state index in [2.05, 4.69) is 19.2 Å². The van der Waals surface area contributed by atoms with E-state index in [1.807, 2.05) is 6.08 Å². The molecule has 0 aromatic heterocycles. The second kappa shape index (κ2) is 56.2. The Balaban J connectivity index is 3.44. The molecule has 0 fully saturated rings. The molecular formula is C60H117NO5. The minimum atomic E-state index is -0.851. The van der Waals surface area contributed by atoms with Crippen LogP contribution in [-0.4, -0.2) is 47.4 Å². The molecule has 1 amide bonds. The predicted molar refractivity (Wildman–Crippen MR) is 287 cm³/mol. The first-order chi connectivity index (χ1) is 32.5. The zero-order valence-corrected chi connectivity index (χ0v) is 44.7. The Bertz CT molecular complexity index is 986. The van der Waals surface area contributed by atoms with Crippen LogP contribution in [0, 0.1) is 0 Å². The van der Waals surface area contributed by atoms with Gasteiger partial charge in [-0.05, 0) is 32.1 Å². The van der Waals surface area contributed by atoms with Crippen LogP contribution in [0.4, 0.5) is 0 Å². The minimum Gasteiger partial charge on any atom is -0.466 e. The molecule has 0 saturated heterocycles. The van der Waals surface area contributed by atoms with Crippen molar-refractivity contribution in [3.05, 3.63) is 12.2 Å². The summed E-state index contributed by atoms with van der Waals surface area (Å²) in [6.45, 7) is 4.91. The highest BCUT2D eigenvalue weighted by atomic mass is 16.5. The quantitative estimate of drug-likeness (QED) is 0.0321. The molecule has 0 bridgehead atoms. The normalized spacial score (nSPS) is 12.6. The van der Waals surface area contributed by atoms with E-state index >= 15 is 0 Å². The third-order valence-corrected chi connectivity index (χ3v) is 14.1. The van der Waals surface area contributed by atoms with Crippen molar-refractivity contribution in [3.8, 4) is 0 Å². The summed E-state index contributed by atoms with van der Waals surface area (Å²) in [4.78, 5) is 24.6. The number of carbonyl (C=O) groups is 2. The fourth-order valence-electron chi connectivity index (χ4n) is 9.46. The molecule has 0 saturated carbocycles. The van der Waals surface area contributed by atoms with E-state index in [9.17, 15) is 19.8 Å². The van der Waals surface area contributed by atoms with Crippen LogP contribution >= 0.6 is 0 Å². The van der Waals surface area contributed by atoms with Crippen molar-refractivity contribution < 1.29 is 24.5 Å². The molecular weight excluding hydrogens is 815 g/mol. The maximum absolute atomic E-state index is 12.5. The molecule has 0 aliphatic heterocycles. The number of nitrogens with one attached hydrogen (secondary N) is 1. The van der Waals surface area contributed by atoms with Crippen molar-refractivity contribution in [3.63, 3.8) is 0 Å². The van der Waals surface area contributed by atoms with Gasteiger partial charge in [-0.2, -0.15) is 0 Å². The number of aliphatic hydroxyl groups is 2. The maximum Gasteiger partial charge on any atom is 0.305 e. The average Bonchev–Trinajstić information content (AvgIpc) is 3.32. The fourth-order valence-corrected chi connectivity index (χ4v) is 9.46. The standard InChI is InChI=1S/C60H117NO5/c1-3-5-7-9-11-13-15-17-19-21-23-25-30-34-38-42-46-50-54-60(65)66-55-51-47-43-39-35-31-27-26-29-33-37-41-45-49-53-59(64)61-57(56-62)58(63)52-48-44-40-36-32-28-24-22-20-18-16-14-12-10-8-6-4-2/h48,52,57-58,62-63H,3-47,49-51,53-56H2,1-2H3,(H,61,64)/b52-48+. The molecule has 0 aliphatic rings. The summed E-state index contributed by atoms with van der Waals surface area (Å²) < 4.78 is 5.49. The van der Waals surface area contributed by atoms with Gasteiger partial charge in [-0.3, -0.25) is 9.59 Å². The van der Waals surface area contributed by atoms with Gasteiger partial charge >= 0.3 is 5.97 Å². The molecule has 392 valence electrons. The molecule has 0 heterocycles. The number of aliphatic hydroxyl groups excluding tert-OH is 2. The van der Waals surface area contributed by atoms with E-state index in [0.717, 1.165) is 57.8 Å². The number of hydrogen-bond acceptors (Lipinski definition) is 5. The number of amides is 1. The lowest BCUT2D eigenvalue weighted by Gasteiger charge is -2.20. The summed E-state index contributed by atoms with van der Waals surface area (Å²) >= 11 is 0. The molecule has 0 aromatic carbocycles. The number of unbranched alkanes of at least 4 members (excludes halogenated alkanes) is 45. The van der Waals surface area contributed by atoms with Crippen LogP contribution in [0.5, 0.6) is 0 Å². The van der Waals surface area contributed by atoms with Gasteiger partial charge in [0.15, 0.2) is 0 Å². The molecule has 2 unspecified atom stereocenters. The van der Waals surface area contributed by atoms with Crippen molar-refractivity contribution >= 4 is 11.9 Å². The molecule has 2 atom stereocenters. The molecule has 0 radical (unpaired) electrons. The van der Waals surface area contributed by atoms with Gasteiger partial charge in [0.2, 0.25) is 5.91 Å². The lowest BCUT2D eigenvalue weighted by molar-refractivity contribution is -0.143. The van der Waals surface area contributed by atoms with E-state index < -0.39 is 12.1 Å². The first-order valence-corrected chi connectivity index (χ1v) is 30.0. The molecule has 0 spiro atoms. The zero-order chi connectivity index (χ0) is 47.9. The number of carbonyl (C=O) groups excluding carboxylic acids is 2. The third kappa shape index (κ3) is 52.0. The van der Waals surface area contributed by atoms with Crippen LogP contribution in [0.25, 0.3) is 0 Å². The van der Waals surface area contributed by atoms with Crippen LogP contribution in [0.3, 0.4) is 0 Å². The lowest BCUT2D eigenvalue weighted by Crippen LogP contribution is -2.45. The number of hydrogen-bond donors (Lipinski definition) is 3. The first kappa shape index (κ1) is 64.6. The molecule has 6 nitrogen and oxygen atoms in total. The van der Waals surface area contributed by atoms with E-state index in [0.29, 0.717) is 19.4 Å². The summed E-state index contributed by atoms with van der Waals surface area (Å²) in [5, 5.41) is 23.1. The van der Waals surface area contributed by atoms with E-state index in [-0.39, 0.29) is 18.5 Å². The van der Waals surface area contributed by atoms with Gasteiger partial charge in [0.1, 0.15) is 0 Å². The smallest absolute Gasteiger partial charge is 0.305 e. The summed E-state index contributed by atoms with van der Waals surface area (Å²) in [5.41, 5.74) is 0. The van der Waals surface area contributed by atoms with Gasteiger partial charge in [0, 0.05) is 12.8 Å². The molecule has 0 aromatic rings. The highest BCUT2D eigenvalue weighted by Gasteiger charge is 2.18. The Morgan fingerprint density at radius 2 is 0.697 bits per heavy atom. The van der Waals surface area contributed by atoms with E-state index in [1.165, 1.54) is 250 Å². The van der Waals surface area contributed by atoms with Crippen LogP contribution in [0.15, 0.2) is 12.2 Å². The second-order valence-corrected chi connectivity index (χ2v) is 20.7. The Kier molecular flexibility index (Phi) is 55.0. The van der Waals surface area contributed by atoms with Gasteiger partial charge in [-0.25, -0.2) is 0 Å². The molecule has 0 rings (SSSR count). The summed E-state index contributed by atoms with van der Waals surface area (Å²) in [5.74, 6) is -0.0738. The largest absolute Gasteiger partial charge is 0.466 e. The SMILES string of the molecule is CCCCCCCCCCCCCCCCC/C=C/C(O)C(CO)NC(=O)CCCCCCCCCCCCCCCCOC(=O)CCCCCCCCCCCCCCCCCCCC. The summed E-state index contributed by atoms with van der Waals surface area (Å²) in [6, 6.07) is -0.635. The molecule has 6 heteroatoms. The van der Waals surface area contributed by atoms with Gasteiger partial charge in [0.25, 0.3) is 0 Å². The highest BCUT2D eigenvalue weighted by Crippen LogP contribution is 2.18. The van der Waals surface area contributed by atoms with Gasteiger partial charge in [-0.1, -0.05) is 302 Å². The second-order valence-electron chi connectivity index (χ2n) is 20.7. The molecule has 0 aliphatic carbocycles. The summed E-state index contributed by atoms with van der Waals surface area (Å²) in [7, 11) is 0. The zero-order valence-electron chi connectivity index (χ0n) is 44.7. The van der Waals surface area contributed by atoms with Gasteiger partial charge < -0.3 is 20.3 Å². The number of allylic oxidation sites excluding steroid dienone is 1. The first-order valence-electron chi connectivity index (χ1n) is 30.0. The molecule has 66 heavy (non-hydrogen) atoms. The van der Waals surface area contributed by atoms with Crippen molar-refractivity contribution in [2.45, 2.75) is 347 Å². The number of rotatable bonds is 56. The van der Waals surface area contributed by atoms with Gasteiger partial charge in [0.05, 0.1) is 25.4 Å². The topological polar surface area (TPSA) is 95.9 Å². The van der Waals surface area contributed by atoms with Crippen molar-refractivity contribution in [1.29, 1.82) is 0 Å². The van der Waals surface area contributed by atoms with E-state index in [4.69, 9.17) is 4.74 Å². The monoisotopic (exact) mass is 932 g/mol. The van der Waals surface area contributed by atoms with Crippen LogP contribution in [-0.2, 0) is 14.3 Å². The highest BCUT2D eigenvalue weighted by molar-refractivity contribution is 5.76. The summed E-state index contributed by atoms with van der Waals surface area (Å²) in [6.07, 6.45) is 66.6. The maximum atomic E-state index is 12.5. The van der Waals surface area contributed by atoms with Crippen LogP contribution < -0.4 is 5.32 Å².